The van der Waals surface area contributed by atoms with Gasteiger partial charge >= 0.3 is 19.7 Å². The molecule has 4 N–H and O–H groups in total. The highest BCUT2D eigenvalue weighted by Gasteiger charge is 2.55. The number of aliphatic hydroxyl groups excluding tert-OH is 1. The number of aliphatic hydroxyl groups is 1. The maximum absolute atomic E-state index is 13.2. The number of aromatic amines is 1. The van der Waals surface area contributed by atoms with Crippen LogP contribution in [0.3, 0.4) is 0 Å². The van der Waals surface area contributed by atoms with Gasteiger partial charge in [0.15, 0.2) is 6.10 Å². The van der Waals surface area contributed by atoms with E-state index in [9.17, 15) is 36.8 Å². The van der Waals surface area contributed by atoms with Gasteiger partial charge in [-0.15, -0.1) is 0 Å². The Balaban J connectivity index is 2.33. The SMILES string of the molecule is O=c1[nH]c(=O)n([C@H]2C[C@H](O)[C@@H]([C@H](OP(=O)(O)O)C(F)(F)F)O2)cc1F. The average Bonchev–Trinajstić information content (AvgIpc) is 2.79. The Hall–Kier alpha value is -1.57. The van der Waals surface area contributed by atoms with Gasteiger partial charge in [0, 0.05) is 6.42 Å². The number of hydrogen-bond donors (Lipinski definition) is 4. The largest absolute Gasteiger partial charge is 0.470 e. The van der Waals surface area contributed by atoms with E-state index >= 15 is 0 Å². The fourth-order valence-corrected chi connectivity index (χ4v) is 2.78. The van der Waals surface area contributed by atoms with Gasteiger partial charge in [-0.3, -0.25) is 18.9 Å². The number of ether oxygens (including phenoxy) is 1. The zero-order valence-corrected chi connectivity index (χ0v) is 12.8. The second-order valence-electron chi connectivity index (χ2n) is 5.06. The first-order valence-electron chi connectivity index (χ1n) is 6.45. The summed E-state index contributed by atoms with van der Waals surface area (Å²) in [5, 5.41) is 9.73. The first kappa shape index (κ1) is 19.8. The van der Waals surface area contributed by atoms with Crippen LogP contribution in [0.4, 0.5) is 17.6 Å². The minimum atomic E-state index is -5.60. The van der Waals surface area contributed by atoms with E-state index < -0.39 is 62.0 Å². The number of aromatic nitrogens is 2. The van der Waals surface area contributed by atoms with Crippen molar-refractivity contribution in [1.29, 1.82) is 0 Å². The zero-order chi connectivity index (χ0) is 19.2. The predicted octanol–water partition coefficient (Wildman–Crippen LogP) is -0.636. The molecule has 1 aromatic rings. The molecule has 0 unspecified atom stereocenters. The molecule has 1 fully saturated rings. The Morgan fingerprint density at radius 2 is 2.00 bits per heavy atom. The van der Waals surface area contributed by atoms with Crippen LogP contribution >= 0.6 is 7.82 Å². The zero-order valence-electron chi connectivity index (χ0n) is 11.9. The maximum atomic E-state index is 13.2. The van der Waals surface area contributed by atoms with Crippen LogP contribution in [-0.2, 0) is 13.8 Å². The van der Waals surface area contributed by atoms with Crippen molar-refractivity contribution >= 4 is 7.82 Å². The molecule has 0 amide bonds. The molecule has 0 bridgehead atoms. The summed E-state index contributed by atoms with van der Waals surface area (Å²) >= 11 is 0. The summed E-state index contributed by atoms with van der Waals surface area (Å²) in [5.41, 5.74) is -2.59. The van der Waals surface area contributed by atoms with Crippen LogP contribution in [0.2, 0.25) is 0 Å². The monoisotopic (exact) mass is 394 g/mol. The lowest BCUT2D eigenvalue weighted by Gasteiger charge is -2.27. The first-order valence-corrected chi connectivity index (χ1v) is 7.98. The molecule has 1 aromatic heterocycles. The lowest BCUT2D eigenvalue weighted by molar-refractivity contribution is -0.239. The highest BCUT2D eigenvalue weighted by atomic mass is 31.2. The fourth-order valence-electron chi connectivity index (χ4n) is 2.25. The normalized spacial score (nSPS) is 26.0. The van der Waals surface area contributed by atoms with Gasteiger partial charge in [-0.1, -0.05) is 0 Å². The van der Waals surface area contributed by atoms with Crippen LogP contribution in [-0.4, -0.2) is 48.9 Å². The minimum Gasteiger partial charge on any atom is -0.390 e. The molecule has 4 atom stereocenters. The van der Waals surface area contributed by atoms with E-state index in [0.717, 1.165) is 0 Å². The van der Waals surface area contributed by atoms with Crippen LogP contribution in [0.1, 0.15) is 12.6 Å². The Kier molecular flexibility index (Phi) is 5.23. The molecule has 15 heteroatoms. The summed E-state index contributed by atoms with van der Waals surface area (Å²) < 4.78 is 71.7. The third-order valence-corrected chi connectivity index (χ3v) is 3.74. The van der Waals surface area contributed by atoms with E-state index in [1.807, 2.05) is 0 Å². The summed E-state index contributed by atoms with van der Waals surface area (Å²) in [6.07, 6.45) is -14.7. The molecule has 142 valence electrons. The third-order valence-electron chi connectivity index (χ3n) is 3.24. The van der Waals surface area contributed by atoms with E-state index in [0.29, 0.717) is 10.8 Å². The van der Waals surface area contributed by atoms with Crippen LogP contribution < -0.4 is 11.2 Å². The number of nitrogens with one attached hydrogen (secondary N) is 1. The number of hydrogen-bond acceptors (Lipinski definition) is 6. The predicted molar refractivity (Wildman–Crippen MR) is 68.8 cm³/mol. The van der Waals surface area contributed by atoms with Gasteiger partial charge in [-0.25, -0.2) is 9.36 Å². The van der Waals surface area contributed by atoms with Crippen molar-refractivity contribution in [2.24, 2.45) is 0 Å². The molecular formula is C10H11F4N2O8P. The highest BCUT2D eigenvalue weighted by molar-refractivity contribution is 7.46. The van der Waals surface area contributed by atoms with Gasteiger partial charge in [0.25, 0.3) is 5.56 Å². The van der Waals surface area contributed by atoms with Gasteiger partial charge in [-0.2, -0.15) is 17.6 Å². The van der Waals surface area contributed by atoms with Gasteiger partial charge in [0.1, 0.15) is 12.3 Å². The molecule has 2 heterocycles. The molecule has 0 saturated carbocycles. The van der Waals surface area contributed by atoms with E-state index in [4.69, 9.17) is 14.5 Å². The van der Waals surface area contributed by atoms with Gasteiger partial charge < -0.3 is 19.6 Å². The Bertz CT molecular complexity index is 801. The Morgan fingerprint density at radius 1 is 1.40 bits per heavy atom. The Morgan fingerprint density at radius 3 is 2.52 bits per heavy atom. The number of nitrogens with zero attached hydrogens (tertiary/aromatic N) is 1. The maximum Gasteiger partial charge on any atom is 0.470 e. The first-order chi connectivity index (χ1) is 11.3. The molecule has 1 saturated heterocycles. The van der Waals surface area contributed by atoms with Crippen molar-refractivity contribution in [1.82, 2.24) is 9.55 Å². The van der Waals surface area contributed by atoms with Crippen molar-refractivity contribution in [2.45, 2.75) is 37.1 Å². The molecule has 1 aliphatic heterocycles. The summed E-state index contributed by atoms with van der Waals surface area (Å²) in [5.74, 6) is -1.43. The molecule has 0 spiro atoms. The van der Waals surface area contributed by atoms with E-state index in [1.165, 1.54) is 0 Å². The number of alkyl halides is 3. The quantitative estimate of drug-likeness (QED) is 0.389. The molecule has 25 heavy (non-hydrogen) atoms. The molecular weight excluding hydrogens is 383 g/mol. The summed E-state index contributed by atoms with van der Waals surface area (Å²) in [7, 11) is -5.60. The lowest BCUT2D eigenvalue weighted by atomic mass is 10.1. The topological polar surface area (TPSA) is 151 Å². The summed E-state index contributed by atoms with van der Waals surface area (Å²) in [4.78, 5) is 41.3. The van der Waals surface area contributed by atoms with Crippen molar-refractivity contribution in [3.63, 3.8) is 0 Å². The third kappa shape index (κ3) is 4.54. The van der Waals surface area contributed by atoms with Crippen molar-refractivity contribution in [3.8, 4) is 0 Å². The van der Waals surface area contributed by atoms with E-state index in [2.05, 4.69) is 4.52 Å². The van der Waals surface area contributed by atoms with Crippen LogP contribution in [0, 0.1) is 5.82 Å². The van der Waals surface area contributed by atoms with Gasteiger partial charge in [0.2, 0.25) is 5.82 Å². The van der Waals surface area contributed by atoms with Crippen LogP contribution in [0.25, 0.3) is 0 Å². The summed E-state index contributed by atoms with van der Waals surface area (Å²) in [6, 6.07) is 0. The van der Waals surface area contributed by atoms with Gasteiger partial charge in [-0.05, 0) is 0 Å². The number of phosphoric acid groups is 1. The number of rotatable bonds is 4. The van der Waals surface area contributed by atoms with Gasteiger partial charge in [0.05, 0.1) is 12.3 Å². The van der Waals surface area contributed by atoms with Crippen LogP contribution in [0.5, 0.6) is 0 Å². The smallest absolute Gasteiger partial charge is 0.390 e. The molecule has 0 radical (unpaired) electrons. The number of H-pyrrole nitrogens is 1. The second-order valence-corrected chi connectivity index (χ2v) is 6.25. The molecule has 0 aromatic carbocycles. The average molecular weight is 394 g/mol. The van der Waals surface area contributed by atoms with E-state index in [-0.39, 0.29) is 0 Å². The molecule has 1 aliphatic rings. The second kappa shape index (κ2) is 6.63. The highest BCUT2D eigenvalue weighted by Crippen LogP contribution is 2.46. The summed E-state index contributed by atoms with van der Waals surface area (Å²) in [6.45, 7) is 0. The molecule has 2 rings (SSSR count). The van der Waals surface area contributed by atoms with Crippen molar-refractivity contribution in [2.75, 3.05) is 0 Å². The lowest BCUT2D eigenvalue weighted by Crippen LogP contribution is -2.46. The fraction of sp³-hybridized carbons (Fsp3) is 0.600. The minimum absolute atomic E-state index is 0.368. The molecule has 10 nitrogen and oxygen atoms in total. The van der Waals surface area contributed by atoms with Crippen LogP contribution in [0.15, 0.2) is 15.8 Å². The molecule has 0 aliphatic carbocycles. The van der Waals surface area contributed by atoms with E-state index in [1.54, 1.807) is 4.98 Å². The standard InChI is InChI=1S/C10H11F4N2O8P/c11-3-2-16(9(19)15-8(3)18)5-1-4(17)6(23-5)7(10(12,13)14)24-25(20,21)22/h2,4-7,17H,1H2,(H,15,18,19)(H2,20,21,22)/t4-,5+,6-,7-/m0/s1. The van der Waals surface area contributed by atoms with Crippen molar-refractivity contribution < 1.29 is 46.3 Å². The van der Waals surface area contributed by atoms with Crippen molar-refractivity contribution in [3.05, 3.63) is 32.9 Å². The number of halogens is 4. The number of phosphoric ester groups is 1. The Labute approximate surface area is 134 Å².